The lowest BCUT2D eigenvalue weighted by molar-refractivity contribution is -0.122. The van der Waals surface area contributed by atoms with Crippen LogP contribution in [0.5, 0.6) is 0 Å². The molecule has 1 atom stereocenters. The quantitative estimate of drug-likeness (QED) is 0.0983. The molecule has 0 fully saturated rings. The Bertz CT molecular complexity index is 704. The van der Waals surface area contributed by atoms with Crippen molar-refractivity contribution in [2.24, 2.45) is 0 Å². The van der Waals surface area contributed by atoms with Crippen molar-refractivity contribution < 1.29 is 23.7 Å². The molecule has 0 aliphatic rings. The van der Waals surface area contributed by atoms with Crippen molar-refractivity contribution in [3.63, 3.8) is 0 Å². The molecule has 0 saturated heterocycles. The molecule has 0 unspecified atom stereocenters. The Labute approximate surface area is 206 Å². The van der Waals surface area contributed by atoms with Crippen LogP contribution in [0.15, 0.2) is 42.5 Å². The summed E-state index contributed by atoms with van der Waals surface area (Å²) >= 11 is 0. The van der Waals surface area contributed by atoms with E-state index in [0.29, 0.717) is 19.3 Å². The van der Waals surface area contributed by atoms with Crippen molar-refractivity contribution in [2.75, 3.05) is 6.61 Å². The maximum absolute atomic E-state index is 12.3. The molecule has 0 aliphatic carbocycles. The summed E-state index contributed by atoms with van der Waals surface area (Å²) in [7, 11) is -4.57. The molecule has 1 aromatic rings. The van der Waals surface area contributed by atoms with E-state index in [4.69, 9.17) is 9.79 Å². The number of phosphoric acid groups is 1. The van der Waals surface area contributed by atoms with Crippen LogP contribution in [0.25, 0.3) is 0 Å². The Morgan fingerprint density at radius 3 is 2.15 bits per heavy atom. The predicted molar refractivity (Wildman–Crippen MR) is 140 cm³/mol. The first-order chi connectivity index (χ1) is 16.4. The van der Waals surface area contributed by atoms with Crippen LogP contribution in [0.4, 0.5) is 0 Å². The fraction of sp³-hybridized carbons (Fsp3) is 0.667. The zero-order valence-corrected chi connectivity index (χ0v) is 21.9. The van der Waals surface area contributed by atoms with Crippen LogP contribution in [-0.2, 0) is 20.3 Å². The Morgan fingerprint density at radius 1 is 0.941 bits per heavy atom. The minimum absolute atomic E-state index is 0.0915. The number of phosphoric ester groups is 1. The highest BCUT2D eigenvalue weighted by Crippen LogP contribution is 2.35. The van der Waals surface area contributed by atoms with Crippen molar-refractivity contribution in [3.05, 3.63) is 48.0 Å². The molecule has 1 rings (SSSR count). The van der Waals surface area contributed by atoms with Crippen molar-refractivity contribution in [2.45, 2.75) is 109 Å². The number of carbonyl (C=O) groups is 1. The first kappa shape index (κ1) is 30.6. The van der Waals surface area contributed by atoms with E-state index in [1.54, 1.807) is 0 Å². The number of aryl methyl sites for hydroxylation is 1. The average molecular weight is 496 g/mol. The van der Waals surface area contributed by atoms with Crippen molar-refractivity contribution in [1.82, 2.24) is 5.32 Å². The summed E-state index contributed by atoms with van der Waals surface area (Å²) in [5.41, 5.74) is 1.11. The van der Waals surface area contributed by atoms with Crippen molar-refractivity contribution >= 4 is 13.7 Å². The van der Waals surface area contributed by atoms with E-state index in [1.165, 1.54) is 44.9 Å². The van der Waals surface area contributed by atoms with Gasteiger partial charge in [0.1, 0.15) is 0 Å². The number of carbonyl (C=O) groups excluding carboxylic acids is 1. The monoisotopic (exact) mass is 495 g/mol. The van der Waals surface area contributed by atoms with Gasteiger partial charge in [0, 0.05) is 6.42 Å². The number of hydrogen-bond donors (Lipinski definition) is 3. The van der Waals surface area contributed by atoms with Gasteiger partial charge in [-0.15, -0.1) is 0 Å². The van der Waals surface area contributed by atoms with Gasteiger partial charge >= 0.3 is 7.82 Å². The van der Waals surface area contributed by atoms with Gasteiger partial charge in [-0.3, -0.25) is 9.32 Å². The third-order valence-corrected chi connectivity index (χ3v) is 6.33. The average Bonchev–Trinajstić information content (AvgIpc) is 2.81. The van der Waals surface area contributed by atoms with Gasteiger partial charge in [-0.1, -0.05) is 94.4 Å². The van der Waals surface area contributed by atoms with Gasteiger partial charge in [0.15, 0.2) is 0 Å². The first-order valence-electron chi connectivity index (χ1n) is 13.1. The largest absolute Gasteiger partial charge is 0.469 e. The molecule has 6 nitrogen and oxygen atoms in total. The minimum atomic E-state index is -4.57. The van der Waals surface area contributed by atoms with E-state index in [0.717, 1.165) is 37.7 Å². The molecular weight excluding hydrogens is 449 g/mol. The maximum Gasteiger partial charge on any atom is 0.469 e. The van der Waals surface area contributed by atoms with Crippen LogP contribution < -0.4 is 5.32 Å². The van der Waals surface area contributed by atoms with Crippen LogP contribution in [-0.4, -0.2) is 28.3 Å². The second kappa shape index (κ2) is 19.8. The molecular formula is C27H46NO5P. The number of amides is 1. The summed E-state index contributed by atoms with van der Waals surface area (Å²) in [5.74, 6) is -0.0915. The second-order valence-corrected chi connectivity index (χ2v) is 10.3. The molecule has 3 N–H and O–H groups in total. The highest BCUT2D eigenvalue weighted by Gasteiger charge is 2.19. The van der Waals surface area contributed by atoms with Gasteiger partial charge in [-0.25, -0.2) is 4.57 Å². The summed E-state index contributed by atoms with van der Waals surface area (Å²) in [6, 6.07) is 9.38. The fourth-order valence-electron chi connectivity index (χ4n) is 3.85. The number of rotatable bonds is 21. The van der Waals surface area contributed by atoms with Crippen LogP contribution >= 0.6 is 7.82 Å². The number of benzene rings is 1. The topological polar surface area (TPSA) is 95.9 Å². The molecule has 0 bridgehead atoms. The van der Waals surface area contributed by atoms with Crippen LogP contribution in [0.3, 0.4) is 0 Å². The number of allylic oxidation sites excluding steroid dienone is 2. The zero-order valence-electron chi connectivity index (χ0n) is 21.0. The lowest BCUT2D eigenvalue weighted by atomic mass is 10.1. The smallest absolute Gasteiger partial charge is 0.351 e. The van der Waals surface area contributed by atoms with E-state index in [1.807, 2.05) is 30.3 Å². The number of nitrogens with one attached hydrogen (secondary N) is 1. The molecule has 0 aromatic heterocycles. The first-order valence-corrected chi connectivity index (χ1v) is 14.6. The molecule has 1 amide bonds. The van der Waals surface area contributed by atoms with E-state index < -0.39 is 13.9 Å². The van der Waals surface area contributed by atoms with Crippen LogP contribution in [0.2, 0.25) is 0 Å². The van der Waals surface area contributed by atoms with Crippen LogP contribution in [0, 0.1) is 0 Å². The van der Waals surface area contributed by atoms with E-state index in [-0.39, 0.29) is 12.5 Å². The molecule has 1 aromatic carbocycles. The summed E-state index contributed by atoms with van der Waals surface area (Å²) in [6.45, 7) is 2.05. The van der Waals surface area contributed by atoms with E-state index in [2.05, 4.69) is 28.9 Å². The number of unbranched alkanes of at least 4 members (excludes halogenated alkanes) is 10. The highest BCUT2D eigenvalue weighted by atomic mass is 31.2. The molecule has 0 radical (unpaired) electrons. The second-order valence-electron chi connectivity index (χ2n) is 9.06. The number of hydrogen-bond acceptors (Lipinski definition) is 3. The molecule has 194 valence electrons. The van der Waals surface area contributed by atoms with Gasteiger partial charge in [0.25, 0.3) is 0 Å². The molecule has 0 spiro atoms. The van der Waals surface area contributed by atoms with Gasteiger partial charge in [0.05, 0.1) is 12.6 Å². The fourth-order valence-corrected chi connectivity index (χ4v) is 4.22. The molecule has 34 heavy (non-hydrogen) atoms. The Balaban J connectivity index is 2.15. The summed E-state index contributed by atoms with van der Waals surface area (Å²) < 4.78 is 15.7. The summed E-state index contributed by atoms with van der Waals surface area (Å²) in [4.78, 5) is 30.3. The van der Waals surface area contributed by atoms with Gasteiger partial charge < -0.3 is 15.1 Å². The van der Waals surface area contributed by atoms with E-state index in [9.17, 15) is 9.36 Å². The Hall–Kier alpha value is -1.46. The summed E-state index contributed by atoms with van der Waals surface area (Å²) in [5, 5.41) is 2.89. The van der Waals surface area contributed by atoms with Gasteiger partial charge in [0.2, 0.25) is 5.91 Å². The minimum Gasteiger partial charge on any atom is -0.351 e. The maximum atomic E-state index is 12.3. The highest BCUT2D eigenvalue weighted by molar-refractivity contribution is 7.46. The lowest BCUT2D eigenvalue weighted by Crippen LogP contribution is -2.38. The SMILES string of the molecule is CCCCCCCC/C=C\CCCCCCC(=O)N[C@H](CCc1ccccc1)COP(=O)(O)O. The normalized spacial score (nSPS) is 12.8. The van der Waals surface area contributed by atoms with Crippen molar-refractivity contribution in [1.29, 1.82) is 0 Å². The van der Waals surface area contributed by atoms with Crippen LogP contribution in [0.1, 0.15) is 102 Å². The summed E-state index contributed by atoms with van der Waals surface area (Å²) in [6.07, 6.45) is 20.6. The van der Waals surface area contributed by atoms with Gasteiger partial charge in [-0.05, 0) is 50.5 Å². The third kappa shape index (κ3) is 18.9. The molecule has 0 saturated carbocycles. The van der Waals surface area contributed by atoms with Crippen molar-refractivity contribution in [3.8, 4) is 0 Å². The lowest BCUT2D eigenvalue weighted by Gasteiger charge is -2.19. The third-order valence-electron chi connectivity index (χ3n) is 5.85. The zero-order chi connectivity index (χ0) is 24.9. The molecule has 7 heteroatoms. The standard InChI is InChI=1S/C27H46NO5P/c1-2-3-4-5-6-7-8-9-10-11-12-13-14-18-21-27(29)28-26(24-33-34(30,31)32)23-22-25-19-16-15-17-20-25/h9-10,15-17,19-20,26H,2-8,11-14,18,21-24H2,1H3,(H,28,29)(H2,30,31,32)/b10-9-/t26-/m1/s1. The van der Waals surface area contributed by atoms with E-state index >= 15 is 0 Å². The Morgan fingerprint density at radius 2 is 1.53 bits per heavy atom. The molecule has 0 aliphatic heterocycles. The Kier molecular flexibility index (Phi) is 17.8. The molecule has 0 heterocycles. The predicted octanol–water partition coefficient (Wildman–Crippen LogP) is 6.86. The van der Waals surface area contributed by atoms with Gasteiger partial charge in [-0.2, -0.15) is 0 Å².